The largest absolute Gasteiger partial charge is 0.391 e. The number of ketones is 2. The Morgan fingerprint density at radius 3 is 2.64 bits per heavy atom. The van der Waals surface area contributed by atoms with Crippen molar-refractivity contribution in [2.45, 2.75) is 63.0 Å². The van der Waals surface area contributed by atoms with Crippen molar-refractivity contribution in [3.8, 4) is 0 Å². The highest BCUT2D eigenvalue weighted by atomic mass is 35.5. The van der Waals surface area contributed by atoms with Crippen LogP contribution < -0.4 is 0 Å². The Hall–Kier alpha value is -1.01. The van der Waals surface area contributed by atoms with Crippen molar-refractivity contribution in [2.24, 2.45) is 28.6 Å². The van der Waals surface area contributed by atoms with Gasteiger partial charge in [-0.15, -0.1) is 11.6 Å². The lowest BCUT2D eigenvalue weighted by Crippen LogP contribution is -2.69. The molecule has 0 heterocycles. The quantitative estimate of drug-likeness (QED) is 0.608. The molecular formula is C22H29ClO5. The van der Waals surface area contributed by atoms with E-state index in [1.807, 2.05) is 26.8 Å². The lowest BCUT2D eigenvalue weighted by Gasteiger charge is -2.63. The van der Waals surface area contributed by atoms with Crippen molar-refractivity contribution in [3.05, 3.63) is 23.8 Å². The summed E-state index contributed by atoms with van der Waals surface area (Å²) in [5.41, 5.74) is -2.25. The summed E-state index contributed by atoms with van der Waals surface area (Å²) in [5, 5.41) is 32.3. The highest BCUT2D eigenvalue weighted by Gasteiger charge is 2.74. The fraction of sp³-hybridized carbons (Fsp3) is 0.727. The van der Waals surface area contributed by atoms with Crippen molar-refractivity contribution in [3.63, 3.8) is 0 Å². The van der Waals surface area contributed by atoms with Gasteiger partial charge in [-0.3, -0.25) is 9.59 Å². The molecule has 3 N–H and O–H groups in total. The Morgan fingerprint density at radius 1 is 1.32 bits per heavy atom. The predicted molar refractivity (Wildman–Crippen MR) is 105 cm³/mol. The van der Waals surface area contributed by atoms with Crippen LogP contribution in [0.15, 0.2) is 23.8 Å². The van der Waals surface area contributed by atoms with Gasteiger partial charge in [0.05, 0.1) is 11.0 Å². The first kappa shape index (κ1) is 20.3. The number of alkyl halides is 1. The molecule has 0 aromatic rings. The van der Waals surface area contributed by atoms with Crippen LogP contribution in [0.4, 0.5) is 0 Å². The van der Waals surface area contributed by atoms with Crippen LogP contribution in [0.3, 0.4) is 0 Å². The second kappa shape index (κ2) is 6.00. The normalized spacial score (nSPS) is 52.5. The van der Waals surface area contributed by atoms with Gasteiger partial charge >= 0.3 is 0 Å². The maximum Gasteiger partial charge on any atom is 0.190 e. The number of carbonyl (C=O) groups is 2. The number of halogens is 1. The van der Waals surface area contributed by atoms with E-state index in [0.29, 0.717) is 19.3 Å². The van der Waals surface area contributed by atoms with Crippen LogP contribution in [0, 0.1) is 28.6 Å². The second-order valence-electron chi connectivity index (χ2n) is 9.75. The molecule has 3 fully saturated rings. The number of rotatable bonds is 2. The Morgan fingerprint density at radius 2 is 2.00 bits per heavy atom. The third kappa shape index (κ3) is 2.09. The van der Waals surface area contributed by atoms with Gasteiger partial charge in [-0.2, -0.15) is 0 Å². The van der Waals surface area contributed by atoms with Gasteiger partial charge in [-0.25, -0.2) is 0 Å². The number of aliphatic hydroxyl groups excluding tert-OH is 2. The molecule has 0 spiro atoms. The Labute approximate surface area is 170 Å². The number of aliphatic hydroxyl groups is 3. The van der Waals surface area contributed by atoms with Crippen molar-refractivity contribution >= 4 is 23.2 Å². The Kier molecular flexibility index (Phi) is 4.35. The van der Waals surface area contributed by atoms with Gasteiger partial charge in [-0.05, 0) is 55.6 Å². The van der Waals surface area contributed by atoms with Crippen LogP contribution >= 0.6 is 11.6 Å². The van der Waals surface area contributed by atoms with Crippen LogP contribution in [0.1, 0.15) is 46.5 Å². The maximum atomic E-state index is 12.6. The van der Waals surface area contributed by atoms with Gasteiger partial charge < -0.3 is 15.3 Å². The van der Waals surface area contributed by atoms with Crippen LogP contribution in [0.5, 0.6) is 0 Å². The number of hydrogen-bond acceptors (Lipinski definition) is 5. The molecule has 0 amide bonds. The zero-order valence-electron chi connectivity index (χ0n) is 16.6. The fourth-order valence-electron chi connectivity index (χ4n) is 7.26. The number of fused-ring (bicyclic) bond motifs is 5. The van der Waals surface area contributed by atoms with E-state index in [1.165, 1.54) is 6.08 Å². The minimum absolute atomic E-state index is 0.0567. The van der Waals surface area contributed by atoms with Gasteiger partial charge in [0.25, 0.3) is 0 Å². The number of Topliss-reactive ketones (excluding diaryl/α,β-unsaturated/α-hetero) is 1. The summed E-state index contributed by atoms with van der Waals surface area (Å²) in [5.74, 6) is -1.15. The summed E-state index contributed by atoms with van der Waals surface area (Å²) >= 11 is 7.30. The molecule has 0 radical (unpaired) electrons. The monoisotopic (exact) mass is 408 g/mol. The van der Waals surface area contributed by atoms with Gasteiger partial charge in [0, 0.05) is 10.8 Å². The summed E-state index contributed by atoms with van der Waals surface area (Å²) in [6, 6.07) is 0. The van der Waals surface area contributed by atoms with Crippen molar-refractivity contribution in [1.29, 1.82) is 0 Å². The molecule has 0 bridgehead atoms. The summed E-state index contributed by atoms with van der Waals surface area (Å²) in [6.45, 7) is 4.97. The lowest BCUT2D eigenvalue weighted by molar-refractivity contribution is -0.179. The van der Waals surface area contributed by atoms with Gasteiger partial charge in [0.2, 0.25) is 0 Å². The van der Waals surface area contributed by atoms with E-state index >= 15 is 0 Å². The molecule has 4 rings (SSSR count). The van der Waals surface area contributed by atoms with E-state index < -0.39 is 39.8 Å². The first-order valence-corrected chi connectivity index (χ1v) is 10.5. The fourth-order valence-corrected chi connectivity index (χ4v) is 7.78. The molecule has 3 saturated carbocycles. The summed E-state index contributed by atoms with van der Waals surface area (Å²) in [7, 11) is 0. The minimum atomic E-state index is -1.68. The standard InChI is InChI=1S/C22H29ClO5/c1-12-8-16-15-5-4-13-9-14(25)6-7-19(13,2)21(15,23)17(26)10-20(16,3)22(12,28)18(27)11-24/h6-7,9,12,15-17,24,26,28H,4-5,8,10-11H2,1-3H3/t12-,15+,16+,17-,19-,20-,21+,22+/m0/s1. The van der Waals surface area contributed by atoms with E-state index in [1.54, 1.807) is 6.08 Å². The molecule has 0 aromatic heterocycles. The van der Waals surface area contributed by atoms with Crippen molar-refractivity contribution in [1.82, 2.24) is 0 Å². The van der Waals surface area contributed by atoms with E-state index in [4.69, 9.17) is 11.6 Å². The summed E-state index contributed by atoms with van der Waals surface area (Å²) < 4.78 is 0. The highest BCUT2D eigenvalue weighted by molar-refractivity contribution is 6.26. The molecule has 0 aromatic carbocycles. The van der Waals surface area contributed by atoms with Crippen molar-refractivity contribution < 1.29 is 24.9 Å². The molecule has 5 nitrogen and oxygen atoms in total. The third-order valence-corrected chi connectivity index (χ3v) is 9.72. The van der Waals surface area contributed by atoms with Crippen LogP contribution in [-0.2, 0) is 9.59 Å². The number of carbonyl (C=O) groups excluding carboxylic acids is 2. The van der Waals surface area contributed by atoms with Crippen molar-refractivity contribution in [2.75, 3.05) is 6.61 Å². The SMILES string of the molecule is C[C@H]1C[C@@H]2[C@H]3CCC4=CC(=O)C=C[C@]4(C)[C@]3(Cl)[C@@H](O)C[C@]2(C)[C@]1(O)C(=O)CO. The van der Waals surface area contributed by atoms with E-state index in [9.17, 15) is 24.9 Å². The third-order valence-electron chi connectivity index (χ3n) is 8.79. The predicted octanol–water partition coefficient (Wildman–Crippen LogP) is 2.17. The average molecular weight is 409 g/mol. The minimum Gasteiger partial charge on any atom is -0.391 e. The van der Waals surface area contributed by atoms with E-state index in [0.717, 1.165) is 5.57 Å². The molecule has 154 valence electrons. The zero-order chi connectivity index (χ0) is 20.7. The van der Waals surface area contributed by atoms with Gasteiger partial charge in [0.1, 0.15) is 12.2 Å². The summed E-state index contributed by atoms with van der Waals surface area (Å²) in [6.07, 6.45) is 6.22. The van der Waals surface area contributed by atoms with E-state index in [2.05, 4.69) is 0 Å². The Balaban J connectivity index is 1.84. The molecule has 0 saturated heterocycles. The molecular weight excluding hydrogens is 380 g/mol. The van der Waals surface area contributed by atoms with Crippen LogP contribution in [0.2, 0.25) is 0 Å². The molecule has 0 aliphatic heterocycles. The smallest absolute Gasteiger partial charge is 0.190 e. The molecule has 0 unspecified atom stereocenters. The lowest BCUT2D eigenvalue weighted by atomic mass is 9.45. The van der Waals surface area contributed by atoms with Gasteiger partial charge in [-0.1, -0.05) is 32.4 Å². The molecule has 4 aliphatic carbocycles. The molecule has 8 atom stereocenters. The number of allylic oxidation sites excluding steroid dienone is 4. The molecule has 28 heavy (non-hydrogen) atoms. The van der Waals surface area contributed by atoms with Crippen LogP contribution in [-0.4, -0.2) is 50.1 Å². The maximum absolute atomic E-state index is 12.6. The zero-order valence-corrected chi connectivity index (χ0v) is 17.4. The average Bonchev–Trinajstić information content (AvgIpc) is 2.84. The first-order chi connectivity index (χ1) is 13.0. The Bertz CT molecular complexity index is 805. The van der Waals surface area contributed by atoms with Crippen LogP contribution in [0.25, 0.3) is 0 Å². The topological polar surface area (TPSA) is 94.8 Å². The summed E-state index contributed by atoms with van der Waals surface area (Å²) in [4.78, 5) is 23.5. The van der Waals surface area contributed by atoms with E-state index in [-0.39, 0.29) is 30.0 Å². The first-order valence-electron chi connectivity index (χ1n) is 10.1. The molecule has 4 aliphatic rings. The number of hydrogen-bond donors (Lipinski definition) is 3. The highest BCUT2D eigenvalue weighted by Crippen LogP contribution is 2.71. The molecule has 6 heteroatoms. The second-order valence-corrected chi connectivity index (χ2v) is 10.4. The van der Waals surface area contributed by atoms with Gasteiger partial charge in [0.15, 0.2) is 11.6 Å².